The van der Waals surface area contributed by atoms with Gasteiger partial charge in [0.15, 0.2) is 0 Å². The lowest BCUT2D eigenvalue weighted by atomic mass is 10.0. The van der Waals surface area contributed by atoms with E-state index in [9.17, 15) is 4.57 Å². The van der Waals surface area contributed by atoms with Crippen molar-refractivity contribution in [2.45, 2.75) is 296 Å². The molecule has 0 saturated carbocycles. The van der Waals surface area contributed by atoms with Crippen LogP contribution in [-0.2, 0) is 9.09 Å². The minimum absolute atomic E-state index is 0.169. The average molecular weight is 814 g/mol. The molecule has 0 bridgehead atoms. The molecule has 0 aromatic heterocycles. The van der Waals surface area contributed by atoms with Crippen molar-refractivity contribution in [3.63, 3.8) is 0 Å². The minimum Gasteiger partial charge on any atom is -0.303 e. The fraction of sp³-hybridized carbons (Fsp3) is 1.00. The highest BCUT2D eigenvalue weighted by Gasteiger charge is 2.12. The first kappa shape index (κ1) is 56.1. The van der Waals surface area contributed by atoms with Gasteiger partial charge in [-0.05, 0) is 45.3 Å². The van der Waals surface area contributed by atoms with E-state index in [1.54, 1.807) is 0 Å². The summed E-state index contributed by atoms with van der Waals surface area (Å²) < 4.78 is 15.2. The Labute approximate surface area is 353 Å². The van der Waals surface area contributed by atoms with E-state index in [0.717, 1.165) is 19.3 Å². The molecule has 0 spiro atoms. The van der Waals surface area contributed by atoms with E-state index in [4.69, 9.17) is 9.79 Å². The molecule has 0 fully saturated rings. The van der Waals surface area contributed by atoms with Crippen LogP contribution in [0.2, 0.25) is 0 Å². The molecular weight excluding hydrogens is 710 g/mol. The van der Waals surface area contributed by atoms with Crippen LogP contribution in [0, 0.1) is 0 Å². The molecule has 0 aromatic rings. The number of phosphoric ester groups is 1. The van der Waals surface area contributed by atoms with Gasteiger partial charge in [0.2, 0.25) is 0 Å². The van der Waals surface area contributed by atoms with Gasteiger partial charge >= 0.3 is 7.82 Å². The lowest BCUT2D eigenvalue weighted by Gasteiger charge is -2.22. The van der Waals surface area contributed by atoms with Gasteiger partial charge < -0.3 is 14.7 Å². The standard InChI is InChI=1S/C50H104NO4P/c1-3-5-7-9-11-13-15-17-23-27-31-35-39-43-47-51(48-44-40-36-32-28-24-18-16-14-12-10-8-6-4-2)49-45-41-37-33-29-25-21-19-20-22-26-30-34-38-42-46-50-55-56(52,53)54/h3-50H2,1-2H3,(H2,52,53,54). The molecule has 0 aromatic carbocycles. The normalized spacial score (nSPS) is 12.1. The van der Waals surface area contributed by atoms with Gasteiger partial charge in [-0.1, -0.05) is 271 Å². The Hall–Kier alpha value is 0.0700. The van der Waals surface area contributed by atoms with E-state index in [0.29, 0.717) is 0 Å². The SMILES string of the molecule is CCCCCCCCCCCCCCCCN(CCCCCCCCCCCCCCCC)CCCCCCCCCCCCCCCCCCOP(=O)(O)O. The molecule has 56 heavy (non-hydrogen) atoms. The van der Waals surface area contributed by atoms with Gasteiger partial charge in [0.05, 0.1) is 6.61 Å². The monoisotopic (exact) mass is 814 g/mol. The maximum atomic E-state index is 10.7. The van der Waals surface area contributed by atoms with Crippen molar-refractivity contribution in [3.8, 4) is 0 Å². The molecule has 0 saturated heterocycles. The van der Waals surface area contributed by atoms with Crippen LogP contribution in [-0.4, -0.2) is 40.9 Å². The highest BCUT2D eigenvalue weighted by Crippen LogP contribution is 2.35. The number of nitrogens with zero attached hydrogens (tertiary/aromatic N) is 1. The third kappa shape index (κ3) is 50.2. The average Bonchev–Trinajstić information content (AvgIpc) is 3.18. The topological polar surface area (TPSA) is 70.0 Å². The molecule has 0 heterocycles. The number of hydrogen-bond donors (Lipinski definition) is 2. The Bertz CT molecular complexity index is 729. The predicted octanol–water partition coefficient (Wildman–Crippen LogP) is 17.6. The van der Waals surface area contributed by atoms with Crippen molar-refractivity contribution in [2.24, 2.45) is 0 Å². The lowest BCUT2D eigenvalue weighted by Crippen LogP contribution is -2.27. The van der Waals surface area contributed by atoms with Gasteiger partial charge in [0, 0.05) is 0 Å². The fourth-order valence-electron chi connectivity index (χ4n) is 8.49. The highest BCUT2D eigenvalue weighted by molar-refractivity contribution is 7.46. The van der Waals surface area contributed by atoms with Crippen molar-refractivity contribution in [2.75, 3.05) is 26.2 Å². The lowest BCUT2D eigenvalue weighted by molar-refractivity contribution is 0.193. The summed E-state index contributed by atoms with van der Waals surface area (Å²) in [5.74, 6) is 0. The van der Waals surface area contributed by atoms with Gasteiger partial charge in [-0.3, -0.25) is 4.52 Å². The molecule has 5 nitrogen and oxygen atoms in total. The first-order chi connectivity index (χ1) is 27.5. The molecular formula is C50H104NO4P. The van der Waals surface area contributed by atoms with Gasteiger partial charge in [-0.25, -0.2) is 4.57 Å². The van der Waals surface area contributed by atoms with Crippen molar-refractivity contribution in [1.82, 2.24) is 4.90 Å². The van der Waals surface area contributed by atoms with Crippen LogP contribution < -0.4 is 0 Å². The Morgan fingerprint density at radius 3 is 0.679 bits per heavy atom. The van der Waals surface area contributed by atoms with Crippen LogP contribution in [0.4, 0.5) is 0 Å². The van der Waals surface area contributed by atoms with Gasteiger partial charge in [0.1, 0.15) is 0 Å². The van der Waals surface area contributed by atoms with E-state index < -0.39 is 7.82 Å². The molecule has 0 radical (unpaired) electrons. The maximum Gasteiger partial charge on any atom is 0.469 e. The Balaban J connectivity index is 3.92. The summed E-state index contributed by atoms with van der Waals surface area (Å²) in [6.07, 6.45) is 61.3. The smallest absolute Gasteiger partial charge is 0.303 e. The van der Waals surface area contributed by atoms with Gasteiger partial charge in [-0.15, -0.1) is 0 Å². The van der Waals surface area contributed by atoms with Gasteiger partial charge in [-0.2, -0.15) is 0 Å². The maximum absolute atomic E-state index is 10.7. The first-order valence-corrected chi connectivity index (χ1v) is 27.4. The second-order valence-electron chi connectivity index (χ2n) is 18.0. The van der Waals surface area contributed by atoms with Crippen molar-refractivity contribution in [3.05, 3.63) is 0 Å². The fourth-order valence-corrected chi connectivity index (χ4v) is 8.86. The molecule has 0 amide bonds. The van der Waals surface area contributed by atoms with Crippen LogP contribution in [0.25, 0.3) is 0 Å². The van der Waals surface area contributed by atoms with E-state index in [1.165, 1.54) is 283 Å². The summed E-state index contributed by atoms with van der Waals surface area (Å²) in [7, 11) is -4.29. The molecule has 6 heteroatoms. The van der Waals surface area contributed by atoms with E-state index in [1.807, 2.05) is 0 Å². The largest absolute Gasteiger partial charge is 0.469 e. The summed E-state index contributed by atoms with van der Waals surface area (Å²) in [5.41, 5.74) is 0. The van der Waals surface area contributed by atoms with Crippen LogP contribution in [0.15, 0.2) is 0 Å². The molecule has 2 N–H and O–H groups in total. The zero-order chi connectivity index (χ0) is 40.7. The second-order valence-corrected chi connectivity index (χ2v) is 19.3. The highest BCUT2D eigenvalue weighted by atomic mass is 31.2. The zero-order valence-corrected chi connectivity index (χ0v) is 39.4. The second kappa shape index (κ2) is 47.7. The summed E-state index contributed by atoms with van der Waals surface area (Å²) in [4.78, 5) is 20.3. The molecule has 0 aliphatic heterocycles. The molecule has 0 unspecified atom stereocenters. The molecule has 0 aliphatic rings. The molecule has 338 valence electrons. The molecule has 0 rings (SSSR count). The van der Waals surface area contributed by atoms with E-state index in [2.05, 4.69) is 23.3 Å². The third-order valence-corrected chi connectivity index (χ3v) is 12.8. The van der Waals surface area contributed by atoms with Crippen molar-refractivity contribution >= 4 is 7.82 Å². The number of phosphoric acid groups is 1. The Kier molecular flexibility index (Phi) is 47.8. The summed E-state index contributed by atoms with van der Waals surface area (Å²) >= 11 is 0. The number of unbranched alkanes of at least 4 members (excludes halogenated alkanes) is 41. The van der Waals surface area contributed by atoms with Crippen LogP contribution >= 0.6 is 7.82 Å². The quantitative estimate of drug-likeness (QED) is 0.0473. The van der Waals surface area contributed by atoms with E-state index >= 15 is 0 Å². The Morgan fingerprint density at radius 2 is 0.482 bits per heavy atom. The number of hydrogen-bond acceptors (Lipinski definition) is 3. The van der Waals surface area contributed by atoms with Crippen LogP contribution in [0.5, 0.6) is 0 Å². The van der Waals surface area contributed by atoms with Crippen LogP contribution in [0.3, 0.4) is 0 Å². The third-order valence-electron chi connectivity index (χ3n) is 12.3. The van der Waals surface area contributed by atoms with E-state index in [-0.39, 0.29) is 6.61 Å². The first-order valence-electron chi connectivity index (χ1n) is 25.9. The predicted molar refractivity (Wildman–Crippen MR) is 249 cm³/mol. The summed E-state index contributed by atoms with van der Waals surface area (Å²) in [6, 6.07) is 0. The zero-order valence-electron chi connectivity index (χ0n) is 38.5. The molecule has 0 aliphatic carbocycles. The van der Waals surface area contributed by atoms with Crippen molar-refractivity contribution in [1.29, 1.82) is 0 Å². The van der Waals surface area contributed by atoms with Crippen LogP contribution in [0.1, 0.15) is 296 Å². The minimum atomic E-state index is -4.29. The van der Waals surface area contributed by atoms with Gasteiger partial charge in [0.25, 0.3) is 0 Å². The summed E-state index contributed by atoms with van der Waals surface area (Å²) in [6.45, 7) is 8.81. The van der Waals surface area contributed by atoms with Crippen molar-refractivity contribution < 1.29 is 18.9 Å². The molecule has 0 atom stereocenters. The Morgan fingerprint density at radius 1 is 0.304 bits per heavy atom. The summed E-state index contributed by atoms with van der Waals surface area (Å²) in [5, 5.41) is 0. The number of rotatable bonds is 50.